The Kier molecular flexibility index (Phi) is 6.06. The predicted octanol–water partition coefficient (Wildman–Crippen LogP) is 4.84. The van der Waals surface area contributed by atoms with Crippen LogP contribution in [0.2, 0.25) is 0 Å². The zero-order chi connectivity index (χ0) is 19.4. The Bertz CT molecular complexity index is 870. The van der Waals surface area contributed by atoms with Gasteiger partial charge in [-0.2, -0.15) is 0 Å². The monoisotopic (exact) mass is 387 g/mol. The number of fused-ring (bicyclic) bond motifs is 1. The molecule has 0 aliphatic heterocycles. The first-order valence-corrected chi connectivity index (χ1v) is 9.81. The number of hydrogen-bond acceptors (Lipinski definition) is 4. The SMILES string of the molecule is CCC1CCc2c(sc(NC(=O)/C=C/c3ccc(F)cc3)c2C(=O)OC)C1. The topological polar surface area (TPSA) is 55.4 Å². The van der Waals surface area contributed by atoms with E-state index in [-0.39, 0.29) is 11.7 Å². The van der Waals surface area contributed by atoms with Crippen molar-refractivity contribution < 1.29 is 18.7 Å². The van der Waals surface area contributed by atoms with Crippen LogP contribution in [-0.4, -0.2) is 19.0 Å². The van der Waals surface area contributed by atoms with Gasteiger partial charge < -0.3 is 10.1 Å². The number of ether oxygens (including phenoxy) is 1. The van der Waals surface area contributed by atoms with E-state index >= 15 is 0 Å². The van der Waals surface area contributed by atoms with Crippen molar-refractivity contribution in [2.45, 2.75) is 32.6 Å². The summed E-state index contributed by atoms with van der Waals surface area (Å²) in [6.45, 7) is 2.17. The van der Waals surface area contributed by atoms with Gasteiger partial charge >= 0.3 is 5.97 Å². The van der Waals surface area contributed by atoms with Crippen LogP contribution in [0.1, 0.15) is 46.1 Å². The van der Waals surface area contributed by atoms with E-state index in [4.69, 9.17) is 4.74 Å². The molecule has 1 aromatic carbocycles. The molecule has 0 fully saturated rings. The highest BCUT2D eigenvalue weighted by Crippen LogP contribution is 2.40. The summed E-state index contributed by atoms with van der Waals surface area (Å²) in [4.78, 5) is 25.8. The van der Waals surface area contributed by atoms with E-state index in [1.807, 2.05) is 0 Å². The van der Waals surface area contributed by atoms with E-state index in [0.717, 1.165) is 41.7 Å². The van der Waals surface area contributed by atoms with Crippen molar-refractivity contribution in [2.24, 2.45) is 5.92 Å². The quantitative estimate of drug-likeness (QED) is 0.590. The summed E-state index contributed by atoms with van der Waals surface area (Å²) < 4.78 is 17.9. The Morgan fingerprint density at radius 2 is 2.07 bits per heavy atom. The normalized spacial score (nSPS) is 16.2. The summed E-state index contributed by atoms with van der Waals surface area (Å²) in [6.07, 6.45) is 6.89. The highest BCUT2D eigenvalue weighted by atomic mass is 32.1. The maximum atomic E-state index is 12.9. The summed E-state index contributed by atoms with van der Waals surface area (Å²) in [5.74, 6) is -0.465. The fraction of sp³-hybridized carbons (Fsp3) is 0.333. The van der Waals surface area contributed by atoms with E-state index in [0.29, 0.717) is 16.5 Å². The van der Waals surface area contributed by atoms with Gasteiger partial charge in [-0.25, -0.2) is 9.18 Å². The zero-order valence-corrected chi connectivity index (χ0v) is 16.2. The number of thiophene rings is 1. The van der Waals surface area contributed by atoms with Crippen LogP contribution in [0.25, 0.3) is 6.08 Å². The lowest BCUT2D eigenvalue weighted by molar-refractivity contribution is -0.111. The van der Waals surface area contributed by atoms with Gasteiger partial charge in [-0.15, -0.1) is 11.3 Å². The van der Waals surface area contributed by atoms with Crippen molar-refractivity contribution in [3.8, 4) is 0 Å². The van der Waals surface area contributed by atoms with E-state index in [9.17, 15) is 14.0 Å². The van der Waals surface area contributed by atoms with Crippen LogP contribution >= 0.6 is 11.3 Å². The Hall–Kier alpha value is -2.47. The van der Waals surface area contributed by atoms with E-state index < -0.39 is 5.97 Å². The van der Waals surface area contributed by atoms with Gasteiger partial charge in [0.15, 0.2) is 0 Å². The third-order valence-electron chi connectivity index (χ3n) is 4.87. The number of halogens is 1. The third kappa shape index (κ3) is 4.45. The molecule has 142 valence electrons. The highest BCUT2D eigenvalue weighted by Gasteiger charge is 2.29. The van der Waals surface area contributed by atoms with Gasteiger partial charge in [0.1, 0.15) is 10.8 Å². The van der Waals surface area contributed by atoms with Crippen molar-refractivity contribution >= 4 is 34.3 Å². The molecule has 0 spiro atoms. The molecule has 0 bridgehead atoms. The van der Waals surface area contributed by atoms with Gasteiger partial charge in [0, 0.05) is 11.0 Å². The number of amides is 1. The molecule has 1 aromatic heterocycles. The molecular weight excluding hydrogens is 365 g/mol. The molecule has 6 heteroatoms. The zero-order valence-electron chi connectivity index (χ0n) is 15.4. The summed E-state index contributed by atoms with van der Waals surface area (Å²) in [7, 11) is 1.35. The third-order valence-corrected chi connectivity index (χ3v) is 6.04. The average Bonchev–Trinajstić information content (AvgIpc) is 3.03. The second-order valence-electron chi connectivity index (χ2n) is 6.59. The first-order valence-electron chi connectivity index (χ1n) is 8.99. The van der Waals surface area contributed by atoms with E-state index in [1.165, 1.54) is 36.7 Å². The van der Waals surface area contributed by atoms with Crippen molar-refractivity contribution in [2.75, 3.05) is 12.4 Å². The molecule has 3 rings (SSSR count). The van der Waals surface area contributed by atoms with Gasteiger partial charge in [-0.1, -0.05) is 25.5 Å². The van der Waals surface area contributed by atoms with Crippen LogP contribution in [0.4, 0.5) is 9.39 Å². The summed E-state index contributed by atoms with van der Waals surface area (Å²) in [5, 5.41) is 3.35. The molecule has 0 saturated carbocycles. The van der Waals surface area contributed by atoms with Crippen molar-refractivity contribution in [1.29, 1.82) is 0 Å². The van der Waals surface area contributed by atoms with Crippen molar-refractivity contribution in [1.82, 2.24) is 0 Å². The average molecular weight is 387 g/mol. The largest absolute Gasteiger partial charge is 0.465 e. The Morgan fingerprint density at radius 3 is 2.74 bits per heavy atom. The number of benzene rings is 1. The molecule has 1 heterocycles. The van der Waals surface area contributed by atoms with Gasteiger partial charge in [0.2, 0.25) is 5.91 Å². The van der Waals surface area contributed by atoms with E-state index in [2.05, 4.69) is 12.2 Å². The molecule has 0 radical (unpaired) electrons. The number of esters is 1. The standard InChI is InChI=1S/C21H22FNO3S/c1-3-13-6-10-16-17(12-13)27-20(19(16)21(25)26-2)23-18(24)11-7-14-4-8-15(22)9-5-14/h4-5,7-9,11,13H,3,6,10,12H2,1-2H3,(H,23,24)/b11-7+. The minimum atomic E-state index is -0.416. The molecule has 1 aliphatic carbocycles. The second-order valence-corrected chi connectivity index (χ2v) is 7.70. The molecule has 1 aliphatic rings. The number of hydrogen-bond donors (Lipinski definition) is 1. The molecule has 27 heavy (non-hydrogen) atoms. The van der Waals surface area contributed by atoms with Crippen LogP contribution in [0.15, 0.2) is 30.3 Å². The van der Waals surface area contributed by atoms with Crippen LogP contribution in [0.5, 0.6) is 0 Å². The fourth-order valence-electron chi connectivity index (χ4n) is 3.31. The molecule has 1 amide bonds. The van der Waals surface area contributed by atoms with Crippen LogP contribution in [-0.2, 0) is 22.4 Å². The van der Waals surface area contributed by atoms with Gasteiger partial charge in [-0.3, -0.25) is 4.79 Å². The van der Waals surface area contributed by atoms with Crippen LogP contribution in [0.3, 0.4) is 0 Å². The van der Waals surface area contributed by atoms with Gasteiger partial charge in [-0.05, 0) is 54.5 Å². The Labute approximate surface area is 162 Å². The van der Waals surface area contributed by atoms with Crippen LogP contribution < -0.4 is 5.32 Å². The first-order chi connectivity index (χ1) is 13.0. The van der Waals surface area contributed by atoms with Crippen molar-refractivity contribution in [3.63, 3.8) is 0 Å². The summed E-state index contributed by atoms with van der Waals surface area (Å²) in [5.41, 5.74) is 2.21. The number of methoxy groups -OCH3 is 1. The van der Waals surface area contributed by atoms with Crippen molar-refractivity contribution in [3.05, 3.63) is 57.7 Å². The maximum Gasteiger partial charge on any atom is 0.341 e. The lowest BCUT2D eigenvalue weighted by Crippen LogP contribution is -2.15. The molecular formula is C21H22FNO3S. The fourth-order valence-corrected chi connectivity index (χ4v) is 4.66. The number of carbonyl (C=O) groups excluding carboxylic acids is 2. The van der Waals surface area contributed by atoms with Gasteiger partial charge in [0.25, 0.3) is 0 Å². The van der Waals surface area contributed by atoms with Crippen LogP contribution in [0, 0.1) is 11.7 Å². The summed E-state index contributed by atoms with van der Waals surface area (Å²) in [6, 6.07) is 5.86. The number of anilines is 1. The summed E-state index contributed by atoms with van der Waals surface area (Å²) >= 11 is 1.46. The molecule has 0 saturated heterocycles. The second kappa shape index (κ2) is 8.48. The predicted molar refractivity (Wildman–Crippen MR) is 106 cm³/mol. The Morgan fingerprint density at radius 1 is 1.33 bits per heavy atom. The minimum absolute atomic E-state index is 0.325. The molecule has 2 aromatic rings. The first kappa shape index (κ1) is 19.3. The number of carbonyl (C=O) groups is 2. The molecule has 4 nitrogen and oxygen atoms in total. The Balaban J connectivity index is 1.81. The lowest BCUT2D eigenvalue weighted by Gasteiger charge is -2.20. The number of rotatable bonds is 5. The highest BCUT2D eigenvalue weighted by molar-refractivity contribution is 7.17. The molecule has 1 atom stereocenters. The minimum Gasteiger partial charge on any atom is -0.465 e. The van der Waals surface area contributed by atoms with E-state index in [1.54, 1.807) is 18.2 Å². The van der Waals surface area contributed by atoms with Gasteiger partial charge in [0.05, 0.1) is 12.7 Å². The lowest BCUT2D eigenvalue weighted by atomic mass is 9.86. The maximum absolute atomic E-state index is 12.9. The number of nitrogens with one attached hydrogen (secondary N) is 1. The smallest absolute Gasteiger partial charge is 0.341 e. The molecule has 1 unspecified atom stereocenters. The molecule has 1 N–H and O–H groups in total.